The number of benzene rings is 1. The molecule has 0 heterocycles. The average Bonchev–Trinajstić information content (AvgIpc) is 2.92. The lowest BCUT2D eigenvalue weighted by Gasteiger charge is -2.33. The molecule has 1 unspecified atom stereocenters. The van der Waals surface area contributed by atoms with Crippen molar-refractivity contribution in [2.75, 3.05) is 0 Å². The van der Waals surface area contributed by atoms with Gasteiger partial charge in [-0.05, 0) is 69.6 Å². The number of aliphatic carboxylic acids is 1. The smallest absolute Gasteiger partial charge is 0.477 e. The number of unbranched alkanes of at least 4 members (excludes halogenated alkanes) is 2. The van der Waals surface area contributed by atoms with Crippen LogP contribution < -0.4 is 14.8 Å². The summed E-state index contributed by atoms with van der Waals surface area (Å²) in [5.41, 5.74) is -1.76. The zero-order chi connectivity index (χ0) is 29.5. The van der Waals surface area contributed by atoms with E-state index >= 15 is 0 Å². The van der Waals surface area contributed by atoms with E-state index in [4.69, 9.17) is 18.9 Å². The van der Waals surface area contributed by atoms with Crippen LogP contribution >= 0.6 is 0 Å². The molecule has 2 N–H and O–H groups in total. The summed E-state index contributed by atoms with van der Waals surface area (Å²) in [4.78, 5) is 50.2. The summed E-state index contributed by atoms with van der Waals surface area (Å²) in [6, 6.07) is 4.14. The van der Waals surface area contributed by atoms with Crippen LogP contribution in [0.15, 0.2) is 18.2 Å². The number of carboxylic acid groups (broad SMARTS) is 1. The topological polar surface area (TPSA) is 137 Å². The van der Waals surface area contributed by atoms with Crippen LogP contribution in [0.2, 0.25) is 0 Å². The molecule has 1 aliphatic carbocycles. The second-order valence-corrected chi connectivity index (χ2v) is 10.4. The first-order valence-corrected chi connectivity index (χ1v) is 14.6. The molecule has 0 aliphatic heterocycles. The third kappa shape index (κ3) is 10.8. The molecule has 1 aromatic carbocycles. The van der Waals surface area contributed by atoms with Crippen molar-refractivity contribution in [1.29, 1.82) is 0 Å². The van der Waals surface area contributed by atoms with Gasteiger partial charge in [0, 0.05) is 25.3 Å². The molecule has 1 saturated carbocycles. The second-order valence-electron chi connectivity index (χ2n) is 10.4. The van der Waals surface area contributed by atoms with Gasteiger partial charge in [-0.15, -0.1) is 0 Å². The Labute approximate surface area is 237 Å². The van der Waals surface area contributed by atoms with Gasteiger partial charge >= 0.3 is 24.1 Å². The molecule has 0 spiro atoms. The molecule has 2 rings (SSSR count). The van der Waals surface area contributed by atoms with Gasteiger partial charge in [0.25, 0.3) is 5.72 Å². The van der Waals surface area contributed by atoms with Crippen LogP contribution in [-0.2, 0) is 30.3 Å². The van der Waals surface area contributed by atoms with Crippen molar-refractivity contribution in [3.63, 3.8) is 0 Å². The number of carbonyl (C=O) groups excluding carboxylic acids is 3. The van der Waals surface area contributed by atoms with Gasteiger partial charge in [-0.2, -0.15) is 0 Å². The molecule has 10 heteroatoms. The van der Waals surface area contributed by atoms with Gasteiger partial charge in [0.1, 0.15) is 6.10 Å². The zero-order valence-electron chi connectivity index (χ0n) is 24.3. The van der Waals surface area contributed by atoms with Crippen LogP contribution in [0, 0.1) is 0 Å². The summed E-state index contributed by atoms with van der Waals surface area (Å²) in [6.07, 6.45) is 6.53. The maximum Gasteiger partial charge on any atom is 0.510 e. The SMILES string of the molecule is CCCCC(=O)Oc1ccc(C[C@](NC(C)CC)(OC(=O)OC2CCCCC2)C(=O)O)cc1OC(=O)CCCC. The summed E-state index contributed by atoms with van der Waals surface area (Å²) in [7, 11) is 0. The molecule has 0 radical (unpaired) electrons. The van der Waals surface area contributed by atoms with Crippen molar-refractivity contribution in [2.24, 2.45) is 0 Å². The number of ether oxygens (including phenoxy) is 4. The molecular weight excluding hydrogens is 518 g/mol. The van der Waals surface area contributed by atoms with Gasteiger partial charge in [-0.25, -0.2) is 9.59 Å². The van der Waals surface area contributed by atoms with Crippen LogP contribution in [0.5, 0.6) is 11.5 Å². The Hall–Kier alpha value is -3.14. The van der Waals surface area contributed by atoms with Gasteiger partial charge in [0.2, 0.25) is 0 Å². The van der Waals surface area contributed by atoms with Crippen molar-refractivity contribution in [1.82, 2.24) is 5.32 Å². The predicted molar refractivity (Wildman–Crippen MR) is 148 cm³/mol. The highest BCUT2D eigenvalue weighted by Gasteiger charge is 2.45. The van der Waals surface area contributed by atoms with Crippen LogP contribution in [0.3, 0.4) is 0 Å². The Morgan fingerprint density at radius 2 is 1.55 bits per heavy atom. The van der Waals surface area contributed by atoms with E-state index in [0.717, 1.165) is 32.1 Å². The summed E-state index contributed by atoms with van der Waals surface area (Å²) < 4.78 is 22.0. The normalized spacial score (nSPS) is 15.9. The summed E-state index contributed by atoms with van der Waals surface area (Å²) in [6.45, 7) is 7.57. The molecule has 1 fully saturated rings. The first-order valence-electron chi connectivity index (χ1n) is 14.6. The van der Waals surface area contributed by atoms with E-state index in [2.05, 4.69) is 5.32 Å². The highest BCUT2D eigenvalue weighted by Crippen LogP contribution is 2.32. The van der Waals surface area contributed by atoms with E-state index in [0.29, 0.717) is 37.7 Å². The van der Waals surface area contributed by atoms with Crippen LogP contribution in [0.4, 0.5) is 4.79 Å². The molecule has 2 atom stereocenters. The summed E-state index contributed by atoms with van der Waals surface area (Å²) >= 11 is 0. The standard InChI is InChI=1S/C30H45NO9/c1-5-8-15-26(32)38-24-18-17-22(19-25(24)39-27(33)16-9-6-2)20-30(28(34)35,31-21(4)7-3)40-29(36)37-23-13-11-10-12-14-23/h17-19,21,23,31H,5-16,20H2,1-4H3,(H,34,35)/t21?,30-/m0/s1. The Morgan fingerprint density at radius 1 is 0.950 bits per heavy atom. The zero-order valence-corrected chi connectivity index (χ0v) is 24.3. The van der Waals surface area contributed by atoms with Crippen molar-refractivity contribution in [3.8, 4) is 11.5 Å². The van der Waals surface area contributed by atoms with Crippen LogP contribution in [0.1, 0.15) is 110 Å². The number of rotatable bonds is 16. The highest BCUT2D eigenvalue weighted by atomic mass is 16.7. The Kier molecular flexibility index (Phi) is 13.9. The minimum Gasteiger partial charge on any atom is -0.477 e. The van der Waals surface area contributed by atoms with Crippen LogP contribution in [-0.4, -0.2) is 47.0 Å². The minimum atomic E-state index is -2.15. The molecule has 0 aromatic heterocycles. The van der Waals surface area contributed by atoms with E-state index in [1.807, 2.05) is 20.8 Å². The number of hydrogen-bond acceptors (Lipinski definition) is 9. The molecule has 0 amide bonds. The van der Waals surface area contributed by atoms with E-state index in [1.54, 1.807) is 13.0 Å². The molecule has 1 aliphatic rings. The lowest BCUT2D eigenvalue weighted by atomic mass is 9.98. The van der Waals surface area contributed by atoms with Gasteiger partial charge in [-0.3, -0.25) is 14.9 Å². The second kappa shape index (κ2) is 16.8. The summed E-state index contributed by atoms with van der Waals surface area (Å²) in [5, 5.41) is 13.2. The molecule has 1 aromatic rings. The van der Waals surface area contributed by atoms with Gasteiger partial charge in [0.15, 0.2) is 11.5 Å². The van der Waals surface area contributed by atoms with Crippen molar-refractivity contribution >= 4 is 24.1 Å². The maximum atomic E-state index is 12.8. The number of carboxylic acids is 1. The fourth-order valence-electron chi connectivity index (χ4n) is 4.39. The average molecular weight is 564 g/mol. The Bertz CT molecular complexity index is 989. The van der Waals surface area contributed by atoms with E-state index in [1.165, 1.54) is 12.1 Å². The van der Waals surface area contributed by atoms with Crippen molar-refractivity contribution < 1.29 is 43.2 Å². The molecular formula is C30H45NO9. The maximum absolute atomic E-state index is 12.8. The highest BCUT2D eigenvalue weighted by molar-refractivity contribution is 5.81. The van der Waals surface area contributed by atoms with Crippen molar-refractivity contribution in [2.45, 2.75) is 129 Å². The third-order valence-corrected chi connectivity index (χ3v) is 6.89. The Balaban J connectivity index is 2.37. The van der Waals surface area contributed by atoms with Gasteiger partial charge < -0.3 is 24.1 Å². The lowest BCUT2D eigenvalue weighted by Crippen LogP contribution is -2.59. The van der Waals surface area contributed by atoms with Crippen LogP contribution in [0.25, 0.3) is 0 Å². The molecule has 0 saturated heterocycles. The fourth-order valence-corrected chi connectivity index (χ4v) is 4.39. The summed E-state index contributed by atoms with van der Waals surface area (Å²) in [5.74, 6) is -2.31. The number of carbonyl (C=O) groups is 4. The van der Waals surface area contributed by atoms with Gasteiger partial charge in [-0.1, -0.05) is 46.1 Å². The van der Waals surface area contributed by atoms with Crippen molar-refractivity contribution in [3.05, 3.63) is 23.8 Å². The number of esters is 2. The van der Waals surface area contributed by atoms with E-state index in [9.17, 15) is 24.3 Å². The number of nitrogens with one attached hydrogen (secondary N) is 1. The molecule has 0 bridgehead atoms. The predicted octanol–water partition coefficient (Wildman–Crippen LogP) is 6.08. The minimum absolute atomic E-state index is 0.00365. The van der Waals surface area contributed by atoms with E-state index in [-0.39, 0.29) is 42.9 Å². The molecule has 224 valence electrons. The third-order valence-electron chi connectivity index (χ3n) is 6.89. The first-order chi connectivity index (χ1) is 19.1. The van der Waals surface area contributed by atoms with Gasteiger partial charge in [0.05, 0.1) is 0 Å². The largest absolute Gasteiger partial charge is 0.510 e. The lowest BCUT2D eigenvalue weighted by molar-refractivity contribution is -0.168. The monoisotopic (exact) mass is 563 g/mol. The Morgan fingerprint density at radius 3 is 2.10 bits per heavy atom. The molecule has 10 nitrogen and oxygen atoms in total. The fraction of sp³-hybridized carbons (Fsp3) is 0.667. The van der Waals surface area contributed by atoms with E-state index < -0.39 is 29.8 Å². The first kappa shape index (κ1) is 33.1. The quantitative estimate of drug-likeness (QED) is 0.138. The number of hydrogen-bond donors (Lipinski definition) is 2. The molecule has 40 heavy (non-hydrogen) atoms.